The van der Waals surface area contributed by atoms with Crippen molar-refractivity contribution >= 4 is 33.2 Å². The molecule has 0 saturated heterocycles. The van der Waals surface area contributed by atoms with Crippen LogP contribution in [0.4, 0.5) is 0 Å². The van der Waals surface area contributed by atoms with Crippen LogP contribution in [0, 0.1) is 33.6 Å². The second-order valence-electron chi connectivity index (χ2n) is 7.35. The van der Waals surface area contributed by atoms with Gasteiger partial charge in [0.05, 0.1) is 9.77 Å². The number of sulfonamides is 1. The van der Waals surface area contributed by atoms with Crippen molar-refractivity contribution < 1.29 is 18.0 Å². The average molecular weight is 438 g/mol. The molecule has 0 aliphatic rings. The van der Waals surface area contributed by atoms with Crippen molar-refractivity contribution in [2.45, 2.75) is 52.5 Å². The van der Waals surface area contributed by atoms with E-state index in [0.29, 0.717) is 16.0 Å². The van der Waals surface area contributed by atoms with Crippen molar-refractivity contribution in [1.82, 2.24) is 15.6 Å². The summed E-state index contributed by atoms with van der Waals surface area (Å²) in [6.45, 7) is 10.7. The number of rotatable bonds is 6. The van der Waals surface area contributed by atoms with Gasteiger partial charge in [-0.05, 0) is 67.3 Å². The summed E-state index contributed by atoms with van der Waals surface area (Å²) in [4.78, 5) is 25.3. The Labute approximate surface area is 175 Å². The van der Waals surface area contributed by atoms with Gasteiger partial charge in [0.2, 0.25) is 10.0 Å². The Hall–Kier alpha value is -2.23. The first kappa shape index (κ1) is 23.1. The number of hydrogen-bond donors (Lipinski definition) is 3. The fraction of sp³-hybridized carbons (Fsp3) is 0.400. The number of thiophene rings is 1. The largest absolute Gasteiger partial charge is 0.279 e. The molecule has 0 radical (unpaired) electrons. The SMILES string of the molecule is Cc1cc(C)c(C)c(S(=O)(=O)N[C@@H](C(=O)NNC(=O)c2cccs2)C(C)C)c1C. The predicted molar refractivity (Wildman–Crippen MR) is 114 cm³/mol. The molecule has 0 bridgehead atoms. The number of hydrazine groups is 1. The first-order valence-corrected chi connectivity index (χ1v) is 11.6. The van der Waals surface area contributed by atoms with Crippen molar-refractivity contribution in [3.05, 3.63) is 50.7 Å². The highest BCUT2D eigenvalue weighted by atomic mass is 32.2. The topological polar surface area (TPSA) is 104 Å². The van der Waals surface area contributed by atoms with Crippen LogP contribution in [0.15, 0.2) is 28.5 Å². The summed E-state index contributed by atoms with van der Waals surface area (Å²) in [5.74, 6) is -1.43. The average Bonchev–Trinajstić information content (AvgIpc) is 3.17. The molecule has 0 saturated carbocycles. The van der Waals surface area contributed by atoms with Crippen molar-refractivity contribution in [1.29, 1.82) is 0 Å². The van der Waals surface area contributed by atoms with E-state index < -0.39 is 27.9 Å². The molecule has 9 heteroatoms. The van der Waals surface area contributed by atoms with Crippen molar-refractivity contribution in [3.63, 3.8) is 0 Å². The van der Waals surface area contributed by atoms with Crippen LogP contribution >= 0.6 is 11.3 Å². The fourth-order valence-electron chi connectivity index (χ4n) is 2.97. The number of hydrogen-bond acceptors (Lipinski definition) is 5. The molecule has 158 valence electrons. The van der Waals surface area contributed by atoms with Gasteiger partial charge in [0, 0.05) is 0 Å². The fourth-order valence-corrected chi connectivity index (χ4v) is 5.55. The van der Waals surface area contributed by atoms with Crippen molar-refractivity contribution in [2.24, 2.45) is 5.92 Å². The number of aryl methyl sites for hydroxylation is 2. The summed E-state index contributed by atoms with van der Waals surface area (Å²) in [5, 5.41) is 1.75. The third-order valence-corrected chi connectivity index (χ3v) is 7.42. The quantitative estimate of drug-likeness (QED) is 0.605. The lowest BCUT2D eigenvalue weighted by Crippen LogP contribution is -2.54. The number of amides is 2. The van der Waals surface area contributed by atoms with Gasteiger partial charge in [0.1, 0.15) is 6.04 Å². The first-order chi connectivity index (χ1) is 13.5. The Morgan fingerprint density at radius 3 is 2.07 bits per heavy atom. The van der Waals surface area contributed by atoms with E-state index in [1.54, 1.807) is 45.2 Å². The van der Waals surface area contributed by atoms with Crippen molar-refractivity contribution in [3.8, 4) is 0 Å². The number of carbonyl (C=O) groups is 2. The van der Waals surface area contributed by atoms with Crippen LogP contribution in [0.1, 0.15) is 45.8 Å². The van der Waals surface area contributed by atoms with E-state index in [4.69, 9.17) is 0 Å². The summed E-state index contributed by atoms with van der Waals surface area (Å²) in [5.41, 5.74) is 7.67. The maximum Gasteiger partial charge on any atom is 0.279 e. The lowest BCUT2D eigenvalue weighted by Gasteiger charge is -2.23. The van der Waals surface area contributed by atoms with Crippen LogP contribution in [0.5, 0.6) is 0 Å². The van der Waals surface area contributed by atoms with Gasteiger partial charge in [-0.2, -0.15) is 4.72 Å². The van der Waals surface area contributed by atoms with E-state index in [1.807, 2.05) is 19.9 Å². The highest BCUT2D eigenvalue weighted by Crippen LogP contribution is 2.26. The minimum atomic E-state index is -3.96. The maximum atomic E-state index is 13.1. The van der Waals surface area contributed by atoms with Crippen LogP contribution in [-0.2, 0) is 14.8 Å². The molecular weight excluding hydrogens is 410 g/mol. The van der Waals surface area contributed by atoms with Crippen molar-refractivity contribution in [2.75, 3.05) is 0 Å². The Morgan fingerprint density at radius 2 is 1.59 bits per heavy atom. The van der Waals surface area contributed by atoms with Crippen LogP contribution < -0.4 is 15.6 Å². The molecule has 0 unspecified atom stereocenters. The molecule has 0 fully saturated rings. The molecule has 1 atom stereocenters. The number of nitrogens with one attached hydrogen (secondary N) is 3. The lowest BCUT2D eigenvalue weighted by molar-refractivity contribution is -0.124. The number of benzene rings is 1. The van der Waals surface area contributed by atoms with Gasteiger partial charge in [-0.1, -0.05) is 26.0 Å². The standard InChI is InChI=1S/C20H27N3O4S2/c1-11(2)17(20(25)22-21-19(24)16-8-7-9-28-16)23-29(26,27)18-14(5)12(3)10-13(4)15(18)6/h7-11,17,23H,1-6H3,(H,21,24)(H,22,25)/t17-/m1/s1. The summed E-state index contributed by atoms with van der Waals surface area (Å²) in [7, 11) is -3.96. The molecule has 1 heterocycles. The third kappa shape index (κ3) is 5.23. The van der Waals surface area contributed by atoms with Gasteiger partial charge in [0.15, 0.2) is 0 Å². The summed E-state index contributed by atoms with van der Waals surface area (Å²) >= 11 is 1.24. The summed E-state index contributed by atoms with van der Waals surface area (Å²) in [6, 6.07) is 4.24. The molecule has 1 aromatic heterocycles. The van der Waals surface area contributed by atoms with Crippen LogP contribution in [0.3, 0.4) is 0 Å². The zero-order chi connectivity index (χ0) is 21.9. The Morgan fingerprint density at radius 1 is 1.00 bits per heavy atom. The minimum Gasteiger partial charge on any atom is -0.271 e. The van der Waals surface area contributed by atoms with Gasteiger partial charge in [-0.3, -0.25) is 20.4 Å². The molecule has 0 aliphatic heterocycles. The van der Waals surface area contributed by atoms with E-state index in [0.717, 1.165) is 11.1 Å². The predicted octanol–water partition coefficient (Wildman–Crippen LogP) is 2.75. The second kappa shape index (κ2) is 9.06. The Bertz CT molecular complexity index is 987. The second-order valence-corrected chi connectivity index (χ2v) is 9.95. The first-order valence-electron chi connectivity index (χ1n) is 9.19. The number of carbonyl (C=O) groups excluding carboxylic acids is 2. The highest BCUT2D eigenvalue weighted by Gasteiger charge is 2.31. The molecule has 1 aromatic carbocycles. The zero-order valence-corrected chi connectivity index (χ0v) is 19.0. The lowest BCUT2D eigenvalue weighted by atomic mass is 10.0. The normalized spacial score (nSPS) is 12.7. The molecule has 2 amide bonds. The van der Waals surface area contributed by atoms with Crippen LogP contribution in [0.2, 0.25) is 0 Å². The molecular formula is C20H27N3O4S2. The van der Waals surface area contributed by atoms with Crippen LogP contribution in [-0.4, -0.2) is 26.3 Å². The summed E-state index contributed by atoms with van der Waals surface area (Å²) in [6.07, 6.45) is 0. The molecule has 7 nitrogen and oxygen atoms in total. The van der Waals surface area contributed by atoms with E-state index >= 15 is 0 Å². The minimum absolute atomic E-state index is 0.191. The van der Waals surface area contributed by atoms with Gasteiger partial charge in [-0.25, -0.2) is 8.42 Å². The molecule has 0 aliphatic carbocycles. The van der Waals surface area contributed by atoms with E-state index in [1.165, 1.54) is 11.3 Å². The monoisotopic (exact) mass is 437 g/mol. The maximum absolute atomic E-state index is 13.1. The molecule has 2 rings (SSSR count). The molecule has 2 aromatic rings. The van der Waals surface area contributed by atoms with E-state index in [9.17, 15) is 18.0 Å². The van der Waals surface area contributed by atoms with E-state index in [-0.39, 0.29) is 10.8 Å². The van der Waals surface area contributed by atoms with Crippen LogP contribution in [0.25, 0.3) is 0 Å². The Balaban J connectivity index is 2.24. The van der Waals surface area contributed by atoms with Gasteiger partial charge in [0.25, 0.3) is 11.8 Å². The molecule has 0 spiro atoms. The smallest absolute Gasteiger partial charge is 0.271 e. The van der Waals surface area contributed by atoms with Gasteiger partial charge >= 0.3 is 0 Å². The Kier molecular flexibility index (Phi) is 7.20. The van der Waals surface area contributed by atoms with E-state index in [2.05, 4.69) is 15.6 Å². The summed E-state index contributed by atoms with van der Waals surface area (Å²) < 4.78 is 28.8. The zero-order valence-electron chi connectivity index (χ0n) is 17.4. The van der Waals surface area contributed by atoms with Gasteiger partial charge in [-0.15, -0.1) is 11.3 Å². The third-order valence-electron chi connectivity index (χ3n) is 4.84. The highest BCUT2D eigenvalue weighted by molar-refractivity contribution is 7.89. The molecule has 29 heavy (non-hydrogen) atoms. The van der Waals surface area contributed by atoms with Gasteiger partial charge < -0.3 is 0 Å². The molecule has 3 N–H and O–H groups in total.